The molecule has 4 heteroatoms. The van der Waals surface area contributed by atoms with Crippen molar-refractivity contribution in [2.24, 2.45) is 11.8 Å². The molecule has 0 amide bonds. The van der Waals surface area contributed by atoms with Crippen LogP contribution in [0, 0.1) is 11.8 Å². The van der Waals surface area contributed by atoms with Gasteiger partial charge in [-0.15, -0.1) is 11.3 Å². The third-order valence-electron chi connectivity index (χ3n) is 3.87. The molecule has 0 spiro atoms. The quantitative estimate of drug-likeness (QED) is 0.863. The third kappa shape index (κ3) is 1.33. The number of nitrogens with one attached hydrogen (secondary N) is 1. The minimum Gasteiger partial charge on any atom is -0.262 e. The highest BCUT2D eigenvalue weighted by Crippen LogP contribution is 2.56. The molecule has 0 aromatic carbocycles. The molecule has 2 atom stereocenters. The van der Waals surface area contributed by atoms with Crippen LogP contribution in [0.4, 0.5) is 0 Å². The molecule has 0 aliphatic heterocycles. The number of H-pyrrole nitrogens is 1. The summed E-state index contributed by atoms with van der Waals surface area (Å²) in [6, 6.07) is 4.12. The summed E-state index contributed by atoms with van der Waals surface area (Å²) in [6.07, 6.45) is 4.11. The van der Waals surface area contributed by atoms with Crippen LogP contribution >= 0.6 is 11.3 Å². The predicted octanol–water partition coefficient (Wildman–Crippen LogP) is 3.05. The Hall–Kier alpha value is -1.16. The number of nitrogens with zero attached hydrogens (tertiary/aromatic N) is 2. The number of aromatic amines is 1. The lowest BCUT2D eigenvalue weighted by Gasteiger charge is -2.05. The van der Waals surface area contributed by atoms with Crippen LogP contribution in [0.2, 0.25) is 0 Å². The van der Waals surface area contributed by atoms with Crippen molar-refractivity contribution < 1.29 is 0 Å². The smallest absolute Gasteiger partial charge is 0.191 e. The van der Waals surface area contributed by atoms with Gasteiger partial charge in [-0.1, -0.05) is 6.07 Å². The van der Waals surface area contributed by atoms with E-state index in [1.165, 1.54) is 19.3 Å². The summed E-state index contributed by atoms with van der Waals surface area (Å²) in [4.78, 5) is 5.79. The highest BCUT2D eigenvalue weighted by Gasteiger charge is 2.47. The molecule has 16 heavy (non-hydrogen) atoms. The fourth-order valence-corrected chi connectivity index (χ4v) is 3.57. The molecule has 2 unspecified atom stereocenters. The lowest BCUT2D eigenvalue weighted by Crippen LogP contribution is -1.98. The van der Waals surface area contributed by atoms with Gasteiger partial charge < -0.3 is 0 Å². The van der Waals surface area contributed by atoms with E-state index in [4.69, 9.17) is 0 Å². The monoisotopic (exact) mass is 231 g/mol. The van der Waals surface area contributed by atoms with E-state index in [0.717, 1.165) is 28.4 Å². The normalized spacial score (nSPS) is 31.6. The second kappa shape index (κ2) is 3.17. The van der Waals surface area contributed by atoms with Crippen molar-refractivity contribution in [2.45, 2.75) is 25.2 Å². The summed E-state index contributed by atoms with van der Waals surface area (Å²) < 4.78 is 0. The second-order valence-corrected chi connectivity index (χ2v) is 5.89. The summed E-state index contributed by atoms with van der Waals surface area (Å²) in [5.41, 5.74) is 0. The van der Waals surface area contributed by atoms with Crippen LogP contribution in [0.5, 0.6) is 0 Å². The average molecular weight is 231 g/mol. The molecular formula is C12H13N3S. The highest BCUT2D eigenvalue weighted by atomic mass is 32.1. The Kier molecular flexibility index (Phi) is 1.77. The second-order valence-electron chi connectivity index (χ2n) is 4.95. The largest absolute Gasteiger partial charge is 0.262 e. The minimum atomic E-state index is 0.643. The van der Waals surface area contributed by atoms with Gasteiger partial charge >= 0.3 is 0 Å². The molecule has 4 rings (SSSR count). The summed E-state index contributed by atoms with van der Waals surface area (Å²) in [7, 11) is 0. The molecule has 3 nitrogen and oxygen atoms in total. The SMILES string of the molecule is c1csc(-c2n[nH]c(C3CC4CC4C3)n2)c1. The van der Waals surface area contributed by atoms with Crippen LogP contribution < -0.4 is 0 Å². The van der Waals surface area contributed by atoms with Gasteiger partial charge in [0.1, 0.15) is 5.82 Å². The van der Waals surface area contributed by atoms with Gasteiger partial charge in [0.2, 0.25) is 0 Å². The van der Waals surface area contributed by atoms with Crippen molar-refractivity contribution in [1.29, 1.82) is 0 Å². The summed E-state index contributed by atoms with van der Waals surface area (Å²) in [5.74, 6) is 4.62. The van der Waals surface area contributed by atoms with Gasteiger partial charge in [-0.3, -0.25) is 5.10 Å². The molecule has 82 valence electrons. The summed E-state index contributed by atoms with van der Waals surface area (Å²) >= 11 is 1.70. The first kappa shape index (κ1) is 8.93. The zero-order chi connectivity index (χ0) is 10.5. The summed E-state index contributed by atoms with van der Waals surface area (Å²) in [5, 5.41) is 9.51. The molecular weight excluding hydrogens is 218 g/mol. The highest BCUT2D eigenvalue weighted by molar-refractivity contribution is 7.13. The maximum Gasteiger partial charge on any atom is 0.191 e. The Morgan fingerprint density at radius 3 is 2.88 bits per heavy atom. The van der Waals surface area contributed by atoms with E-state index in [1.54, 1.807) is 11.3 Å². The lowest BCUT2D eigenvalue weighted by molar-refractivity contribution is 0.592. The molecule has 2 saturated carbocycles. The van der Waals surface area contributed by atoms with Crippen molar-refractivity contribution in [3.63, 3.8) is 0 Å². The van der Waals surface area contributed by atoms with Crippen molar-refractivity contribution >= 4 is 11.3 Å². The molecule has 0 radical (unpaired) electrons. The predicted molar refractivity (Wildman–Crippen MR) is 63.3 cm³/mol. The Balaban J connectivity index is 1.61. The van der Waals surface area contributed by atoms with E-state index < -0.39 is 0 Å². The van der Waals surface area contributed by atoms with Crippen LogP contribution in [0.25, 0.3) is 10.7 Å². The Morgan fingerprint density at radius 1 is 1.25 bits per heavy atom. The average Bonchev–Trinajstić information content (AvgIpc) is 2.86. The Bertz CT molecular complexity index is 492. The molecule has 2 fully saturated rings. The van der Waals surface area contributed by atoms with E-state index in [0.29, 0.717) is 5.92 Å². The first-order valence-electron chi connectivity index (χ1n) is 5.86. The molecule has 2 aliphatic carbocycles. The van der Waals surface area contributed by atoms with Gasteiger partial charge in [-0.25, -0.2) is 4.98 Å². The molecule has 2 aromatic rings. The fraction of sp³-hybridized carbons (Fsp3) is 0.500. The first-order chi connectivity index (χ1) is 7.90. The van der Waals surface area contributed by atoms with Gasteiger partial charge in [0.15, 0.2) is 5.82 Å². The number of rotatable bonds is 2. The van der Waals surface area contributed by atoms with Crippen molar-refractivity contribution in [3.8, 4) is 10.7 Å². The zero-order valence-corrected chi connectivity index (χ0v) is 9.70. The number of hydrogen-bond donors (Lipinski definition) is 1. The van der Waals surface area contributed by atoms with Gasteiger partial charge in [-0.2, -0.15) is 5.10 Å². The van der Waals surface area contributed by atoms with Crippen molar-refractivity contribution in [1.82, 2.24) is 15.2 Å². The summed E-state index contributed by atoms with van der Waals surface area (Å²) in [6.45, 7) is 0. The lowest BCUT2D eigenvalue weighted by atomic mass is 10.0. The maximum absolute atomic E-state index is 4.63. The molecule has 0 bridgehead atoms. The van der Waals surface area contributed by atoms with Crippen LogP contribution in [0.15, 0.2) is 17.5 Å². The number of fused-ring (bicyclic) bond motifs is 1. The van der Waals surface area contributed by atoms with Crippen LogP contribution in [-0.2, 0) is 0 Å². The maximum atomic E-state index is 4.63. The standard InChI is InChI=1S/C12H13N3S/c1-2-10(16-3-1)12-13-11(14-15-12)9-5-7-4-8(7)6-9/h1-3,7-9H,4-6H2,(H,13,14,15). The van der Waals surface area contributed by atoms with Crippen molar-refractivity contribution in [2.75, 3.05) is 0 Å². The minimum absolute atomic E-state index is 0.643. The van der Waals surface area contributed by atoms with Gasteiger partial charge in [0.05, 0.1) is 4.88 Å². The van der Waals surface area contributed by atoms with Gasteiger partial charge in [0.25, 0.3) is 0 Å². The number of hydrogen-bond acceptors (Lipinski definition) is 3. The van der Waals surface area contributed by atoms with Gasteiger partial charge in [0, 0.05) is 5.92 Å². The van der Waals surface area contributed by atoms with Crippen LogP contribution in [0.3, 0.4) is 0 Å². The van der Waals surface area contributed by atoms with Crippen LogP contribution in [-0.4, -0.2) is 15.2 Å². The number of thiophene rings is 1. The third-order valence-corrected chi connectivity index (χ3v) is 4.74. The van der Waals surface area contributed by atoms with E-state index in [1.807, 2.05) is 6.07 Å². The zero-order valence-electron chi connectivity index (χ0n) is 8.89. The molecule has 2 aromatic heterocycles. The molecule has 2 aliphatic rings. The van der Waals surface area contributed by atoms with E-state index in [-0.39, 0.29) is 0 Å². The fourth-order valence-electron chi connectivity index (χ4n) is 2.91. The van der Waals surface area contributed by atoms with Crippen LogP contribution in [0.1, 0.15) is 31.0 Å². The first-order valence-corrected chi connectivity index (χ1v) is 6.74. The number of aromatic nitrogens is 3. The molecule has 0 saturated heterocycles. The topological polar surface area (TPSA) is 41.6 Å². The molecule has 2 heterocycles. The van der Waals surface area contributed by atoms with Crippen molar-refractivity contribution in [3.05, 3.63) is 23.3 Å². The van der Waals surface area contributed by atoms with E-state index in [9.17, 15) is 0 Å². The van der Waals surface area contributed by atoms with Gasteiger partial charge in [-0.05, 0) is 42.5 Å². The van der Waals surface area contributed by atoms with E-state index >= 15 is 0 Å². The van der Waals surface area contributed by atoms with E-state index in [2.05, 4.69) is 26.6 Å². The Morgan fingerprint density at radius 2 is 2.12 bits per heavy atom. The molecule has 1 N–H and O–H groups in total. The Labute approximate surface area is 97.9 Å².